The van der Waals surface area contributed by atoms with Gasteiger partial charge < -0.3 is 10.2 Å². The molecule has 0 heterocycles. The molecule has 2 aromatic carbocycles. The molecule has 0 bridgehead atoms. The number of sulfonamides is 1. The van der Waals surface area contributed by atoms with Gasteiger partial charge in [0.05, 0.1) is 11.9 Å². The second kappa shape index (κ2) is 11.0. The van der Waals surface area contributed by atoms with Gasteiger partial charge in [0.2, 0.25) is 21.8 Å². The van der Waals surface area contributed by atoms with E-state index in [1.54, 1.807) is 26.0 Å². The van der Waals surface area contributed by atoms with Crippen molar-refractivity contribution in [3.05, 3.63) is 64.2 Å². The highest BCUT2D eigenvalue weighted by Crippen LogP contribution is 2.26. The van der Waals surface area contributed by atoms with Crippen LogP contribution in [0.3, 0.4) is 0 Å². The van der Waals surface area contributed by atoms with Crippen LogP contribution in [0, 0.1) is 13.8 Å². The van der Waals surface area contributed by atoms with Crippen molar-refractivity contribution in [1.29, 1.82) is 0 Å². The average molecular weight is 494 g/mol. The molecule has 0 aromatic heterocycles. The Bertz CT molecular complexity index is 1100. The van der Waals surface area contributed by atoms with Gasteiger partial charge in [-0.3, -0.25) is 13.9 Å². The number of hydrogen-bond acceptors (Lipinski definition) is 4. The van der Waals surface area contributed by atoms with Gasteiger partial charge >= 0.3 is 0 Å². The third kappa shape index (κ3) is 7.47. The lowest BCUT2D eigenvalue weighted by atomic mass is 10.1. The third-order valence-corrected chi connectivity index (χ3v) is 6.55. The van der Waals surface area contributed by atoms with Gasteiger partial charge in [0, 0.05) is 17.6 Å². The van der Waals surface area contributed by atoms with Crippen LogP contribution in [-0.2, 0) is 26.2 Å². The predicted molar refractivity (Wildman–Crippen MR) is 133 cm³/mol. The summed E-state index contributed by atoms with van der Waals surface area (Å²) in [4.78, 5) is 27.6. The van der Waals surface area contributed by atoms with Gasteiger partial charge in [-0.25, -0.2) is 8.42 Å². The first-order valence-electron chi connectivity index (χ1n) is 10.7. The van der Waals surface area contributed by atoms with Gasteiger partial charge in [0.15, 0.2) is 0 Å². The zero-order valence-electron chi connectivity index (χ0n) is 19.9. The largest absolute Gasteiger partial charge is 0.352 e. The lowest BCUT2D eigenvalue weighted by Crippen LogP contribution is -2.52. The zero-order valence-corrected chi connectivity index (χ0v) is 21.5. The van der Waals surface area contributed by atoms with Crippen molar-refractivity contribution in [2.24, 2.45) is 0 Å². The Hall–Kier alpha value is -2.58. The van der Waals surface area contributed by atoms with Crippen LogP contribution in [-0.4, -0.2) is 50.0 Å². The van der Waals surface area contributed by atoms with E-state index in [0.717, 1.165) is 21.7 Å². The van der Waals surface area contributed by atoms with Gasteiger partial charge in [-0.05, 0) is 57.9 Å². The van der Waals surface area contributed by atoms with E-state index >= 15 is 0 Å². The van der Waals surface area contributed by atoms with Crippen molar-refractivity contribution in [1.82, 2.24) is 10.2 Å². The third-order valence-electron chi connectivity index (χ3n) is 5.19. The molecule has 0 aliphatic rings. The fourth-order valence-corrected chi connectivity index (χ4v) is 4.39. The van der Waals surface area contributed by atoms with E-state index in [1.807, 2.05) is 45.0 Å². The van der Waals surface area contributed by atoms with E-state index in [-0.39, 0.29) is 18.5 Å². The van der Waals surface area contributed by atoms with Crippen LogP contribution in [0.2, 0.25) is 5.02 Å². The monoisotopic (exact) mass is 493 g/mol. The van der Waals surface area contributed by atoms with Crippen LogP contribution in [0.25, 0.3) is 0 Å². The van der Waals surface area contributed by atoms with E-state index < -0.39 is 28.5 Å². The number of hydrogen-bond donors (Lipinski definition) is 1. The lowest BCUT2D eigenvalue weighted by Gasteiger charge is -2.32. The Labute approximate surface area is 201 Å². The van der Waals surface area contributed by atoms with Gasteiger partial charge in [0.1, 0.15) is 12.6 Å². The number of amides is 2. The highest BCUT2D eigenvalue weighted by Gasteiger charge is 2.30. The minimum atomic E-state index is -3.80. The average Bonchev–Trinajstić information content (AvgIpc) is 2.71. The molecule has 7 nitrogen and oxygen atoms in total. The summed E-state index contributed by atoms with van der Waals surface area (Å²) in [5, 5.41) is 3.18. The molecule has 0 radical (unpaired) electrons. The lowest BCUT2D eigenvalue weighted by molar-refractivity contribution is -0.139. The van der Waals surface area contributed by atoms with E-state index in [9.17, 15) is 18.0 Å². The Morgan fingerprint density at radius 2 is 1.64 bits per heavy atom. The number of rotatable bonds is 9. The molecule has 9 heteroatoms. The fourth-order valence-electron chi connectivity index (χ4n) is 3.32. The summed E-state index contributed by atoms with van der Waals surface area (Å²) in [5.41, 5.74) is 2.89. The molecule has 2 amide bonds. The van der Waals surface area contributed by atoms with E-state index in [0.29, 0.717) is 16.3 Å². The first-order valence-corrected chi connectivity index (χ1v) is 12.9. The molecule has 2 aromatic rings. The Kier molecular flexibility index (Phi) is 8.91. The number of carbonyl (C=O) groups is 2. The van der Waals surface area contributed by atoms with Crippen LogP contribution in [0.5, 0.6) is 0 Å². The maximum atomic E-state index is 13.5. The normalized spacial score (nSPS) is 12.4. The molecule has 0 saturated heterocycles. The van der Waals surface area contributed by atoms with Crippen LogP contribution in [0.1, 0.15) is 37.5 Å². The van der Waals surface area contributed by atoms with Crippen LogP contribution in [0.4, 0.5) is 5.69 Å². The van der Waals surface area contributed by atoms with Crippen molar-refractivity contribution >= 4 is 39.1 Å². The number of carbonyl (C=O) groups excluding carboxylic acids is 2. The Morgan fingerprint density at radius 1 is 1.03 bits per heavy atom. The first kappa shape index (κ1) is 26.7. The zero-order chi connectivity index (χ0) is 24.9. The SMILES string of the molecule is Cc1ccc(CN(C(=O)CN(c2cc(Cl)ccc2C)S(C)(=O)=O)[C@@H](C)C(=O)NC(C)C)cc1. The maximum absolute atomic E-state index is 13.5. The van der Waals surface area contributed by atoms with Crippen LogP contribution in [0.15, 0.2) is 42.5 Å². The molecule has 33 heavy (non-hydrogen) atoms. The first-order chi connectivity index (χ1) is 15.3. The number of benzene rings is 2. The summed E-state index contributed by atoms with van der Waals surface area (Å²) in [6.45, 7) is 8.73. The topological polar surface area (TPSA) is 86.8 Å². The molecule has 1 atom stereocenters. The van der Waals surface area contributed by atoms with Gasteiger partial charge in [-0.2, -0.15) is 0 Å². The summed E-state index contributed by atoms with van der Waals surface area (Å²) in [5.74, 6) is -0.804. The van der Waals surface area contributed by atoms with Gasteiger partial charge in [-0.1, -0.05) is 47.5 Å². The minimum Gasteiger partial charge on any atom is -0.352 e. The summed E-state index contributed by atoms with van der Waals surface area (Å²) < 4.78 is 26.3. The minimum absolute atomic E-state index is 0.0992. The number of nitrogens with zero attached hydrogens (tertiary/aromatic N) is 2. The molecule has 0 unspecified atom stereocenters. The quantitative estimate of drug-likeness (QED) is 0.577. The summed E-state index contributed by atoms with van der Waals surface area (Å²) in [6, 6.07) is 11.6. The molecule has 1 N–H and O–H groups in total. The van der Waals surface area contributed by atoms with Crippen LogP contribution < -0.4 is 9.62 Å². The van der Waals surface area contributed by atoms with E-state index in [2.05, 4.69) is 5.32 Å². The summed E-state index contributed by atoms with van der Waals surface area (Å²) in [7, 11) is -3.80. The van der Waals surface area contributed by atoms with Crippen LogP contribution >= 0.6 is 11.6 Å². The fraction of sp³-hybridized carbons (Fsp3) is 0.417. The molecule has 0 spiro atoms. The molecule has 2 rings (SSSR count). The molecule has 180 valence electrons. The van der Waals surface area contributed by atoms with Gasteiger partial charge in [0.25, 0.3) is 0 Å². The number of nitrogens with one attached hydrogen (secondary N) is 1. The highest BCUT2D eigenvalue weighted by atomic mass is 35.5. The number of aryl methyl sites for hydroxylation is 2. The molecule has 0 aliphatic carbocycles. The molecular formula is C24H32ClN3O4S. The second-order valence-corrected chi connectivity index (χ2v) is 10.9. The molecule has 0 fully saturated rings. The second-order valence-electron chi connectivity index (χ2n) is 8.55. The highest BCUT2D eigenvalue weighted by molar-refractivity contribution is 7.92. The predicted octanol–water partition coefficient (Wildman–Crippen LogP) is 3.66. The molecule has 0 aliphatic heterocycles. The smallest absolute Gasteiger partial charge is 0.244 e. The Morgan fingerprint density at radius 3 is 2.18 bits per heavy atom. The van der Waals surface area contributed by atoms with Crippen molar-refractivity contribution in [3.8, 4) is 0 Å². The summed E-state index contributed by atoms with van der Waals surface area (Å²) >= 11 is 6.10. The van der Waals surface area contributed by atoms with Crippen molar-refractivity contribution in [2.45, 2.75) is 53.2 Å². The standard InChI is InChI=1S/C24H32ClN3O4S/c1-16(2)26-24(30)19(5)27(14-20-10-7-17(3)8-11-20)23(29)15-28(33(6,31)32)22-13-21(25)12-9-18(22)4/h7-13,16,19H,14-15H2,1-6H3,(H,26,30)/t19-/m0/s1. The number of anilines is 1. The van der Waals surface area contributed by atoms with Crippen molar-refractivity contribution in [3.63, 3.8) is 0 Å². The molecule has 0 saturated carbocycles. The van der Waals surface area contributed by atoms with Crippen molar-refractivity contribution < 1.29 is 18.0 Å². The maximum Gasteiger partial charge on any atom is 0.244 e. The van der Waals surface area contributed by atoms with Crippen molar-refractivity contribution in [2.75, 3.05) is 17.1 Å². The van der Waals surface area contributed by atoms with Gasteiger partial charge in [-0.15, -0.1) is 0 Å². The Balaban J connectivity index is 2.42. The van der Waals surface area contributed by atoms with E-state index in [1.165, 1.54) is 11.0 Å². The van der Waals surface area contributed by atoms with E-state index in [4.69, 9.17) is 11.6 Å². The molecular weight excluding hydrogens is 462 g/mol. The summed E-state index contributed by atoms with van der Waals surface area (Å²) in [6.07, 6.45) is 1.04. The number of halogens is 1.